The summed E-state index contributed by atoms with van der Waals surface area (Å²) in [6.07, 6.45) is 1.45. The number of rotatable bonds is 4. The fourth-order valence-electron chi connectivity index (χ4n) is 2.09. The van der Waals surface area contributed by atoms with Gasteiger partial charge < -0.3 is 15.2 Å². The molecular formula is C12H23NO3. The van der Waals surface area contributed by atoms with Crippen molar-refractivity contribution in [3.63, 3.8) is 0 Å². The molecule has 1 saturated heterocycles. The number of aliphatic hydroxyl groups excluding tert-OH is 1. The molecule has 0 aromatic heterocycles. The van der Waals surface area contributed by atoms with E-state index < -0.39 is 17.7 Å². The fourth-order valence-corrected chi connectivity index (χ4v) is 2.09. The van der Waals surface area contributed by atoms with Gasteiger partial charge in [-0.05, 0) is 46.2 Å². The van der Waals surface area contributed by atoms with Gasteiger partial charge in [-0.3, -0.25) is 0 Å². The van der Waals surface area contributed by atoms with Crippen molar-refractivity contribution in [2.24, 2.45) is 5.92 Å². The monoisotopic (exact) mass is 229 g/mol. The summed E-state index contributed by atoms with van der Waals surface area (Å²) in [6.45, 7) is 7.58. The number of hydrogen-bond donors (Lipinski definition) is 2. The van der Waals surface area contributed by atoms with Crippen molar-refractivity contribution in [3.8, 4) is 0 Å². The van der Waals surface area contributed by atoms with Crippen LogP contribution in [0.3, 0.4) is 0 Å². The predicted molar refractivity (Wildman–Crippen MR) is 62.1 cm³/mol. The molecule has 0 aliphatic carbocycles. The van der Waals surface area contributed by atoms with Crippen LogP contribution in [0, 0.1) is 5.92 Å². The van der Waals surface area contributed by atoms with E-state index in [-0.39, 0.29) is 0 Å². The Kier molecular flexibility index (Phi) is 4.74. The Morgan fingerprint density at radius 2 is 2.06 bits per heavy atom. The van der Waals surface area contributed by atoms with Crippen molar-refractivity contribution in [1.82, 2.24) is 5.32 Å². The summed E-state index contributed by atoms with van der Waals surface area (Å²) in [5.74, 6) is -0.118. The van der Waals surface area contributed by atoms with Crippen molar-refractivity contribution < 1.29 is 14.6 Å². The number of esters is 1. The molecule has 0 aromatic carbocycles. The Morgan fingerprint density at radius 3 is 2.56 bits per heavy atom. The lowest BCUT2D eigenvalue weighted by Gasteiger charge is -2.37. The molecule has 1 unspecified atom stereocenters. The Morgan fingerprint density at radius 1 is 1.50 bits per heavy atom. The van der Waals surface area contributed by atoms with Gasteiger partial charge in [0.15, 0.2) is 6.10 Å². The molecule has 1 aliphatic rings. The number of piperidine rings is 1. The molecule has 2 N–H and O–H groups in total. The molecule has 0 radical (unpaired) electrons. The highest BCUT2D eigenvalue weighted by atomic mass is 16.6. The Labute approximate surface area is 97.4 Å². The van der Waals surface area contributed by atoms with Gasteiger partial charge in [0.25, 0.3) is 0 Å². The van der Waals surface area contributed by atoms with Crippen molar-refractivity contribution in [3.05, 3.63) is 0 Å². The summed E-state index contributed by atoms with van der Waals surface area (Å²) >= 11 is 0. The second kappa shape index (κ2) is 5.64. The lowest BCUT2D eigenvalue weighted by atomic mass is 9.83. The largest absolute Gasteiger partial charge is 0.457 e. The van der Waals surface area contributed by atoms with Crippen LogP contribution in [0.2, 0.25) is 0 Å². The summed E-state index contributed by atoms with van der Waals surface area (Å²) < 4.78 is 5.41. The molecular weight excluding hydrogens is 206 g/mol. The minimum Gasteiger partial charge on any atom is -0.457 e. The Bertz CT molecular complexity index is 234. The molecule has 94 valence electrons. The van der Waals surface area contributed by atoms with Crippen LogP contribution in [0.5, 0.6) is 0 Å². The number of hydrogen-bond acceptors (Lipinski definition) is 4. The van der Waals surface area contributed by atoms with Crippen LogP contribution in [0.25, 0.3) is 0 Å². The number of ether oxygens (including phenoxy) is 1. The zero-order chi connectivity index (χ0) is 12.2. The first kappa shape index (κ1) is 13.5. The molecule has 0 spiro atoms. The van der Waals surface area contributed by atoms with Crippen LogP contribution in [0.15, 0.2) is 0 Å². The summed E-state index contributed by atoms with van der Waals surface area (Å²) in [6, 6.07) is 0. The lowest BCUT2D eigenvalue weighted by Crippen LogP contribution is -2.44. The van der Waals surface area contributed by atoms with Crippen LogP contribution in [-0.4, -0.2) is 35.9 Å². The summed E-state index contributed by atoms with van der Waals surface area (Å²) in [7, 11) is 0. The molecule has 0 saturated carbocycles. The third-order valence-corrected chi connectivity index (χ3v) is 3.34. The molecule has 1 heterocycles. The second-order valence-electron chi connectivity index (χ2n) is 4.97. The predicted octanol–water partition coefficient (Wildman–Crippen LogP) is 1.08. The van der Waals surface area contributed by atoms with Gasteiger partial charge in [-0.2, -0.15) is 0 Å². The summed E-state index contributed by atoms with van der Waals surface area (Å²) in [5.41, 5.74) is -0.477. The second-order valence-corrected chi connectivity index (χ2v) is 4.97. The summed E-state index contributed by atoms with van der Waals surface area (Å²) in [4.78, 5) is 11.5. The van der Waals surface area contributed by atoms with E-state index in [1.165, 1.54) is 0 Å². The van der Waals surface area contributed by atoms with E-state index >= 15 is 0 Å². The van der Waals surface area contributed by atoms with Gasteiger partial charge in [-0.15, -0.1) is 0 Å². The average molecular weight is 229 g/mol. The van der Waals surface area contributed by atoms with Gasteiger partial charge >= 0.3 is 5.97 Å². The van der Waals surface area contributed by atoms with Gasteiger partial charge in [-0.25, -0.2) is 4.79 Å². The highest BCUT2D eigenvalue weighted by Crippen LogP contribution is 2.29. The van der Waals surface area contributed by atoms with Crippen molar-refractivity contribution in [1.29, 1.82) is 0 Å². The van der Waals surface area contributed by atoms with E-state index in [2.05, 4.69) is 5.32 Å². The Balaban J connectivity index is 2.52. The zero-order valence-corrected chi connectivity index (χ0v) is 10.5. The smallest absolute Gasteiger partial charge is 0.335 e. The van der Waals surface area contributed by atoms with Gasteiger partial charge in [0.1, 0.15) is 5.60 Å². The third kappa shape index (κ3) is 3.46. The zero-order valence-electron chi connectivity index (χ0n) is 10.5. The van der Waals surface area contributed by atoms with Crippen LogP contribution >= 0.6 is 0 Å². The first-order chi connectivity index (χ1) is 7.47. The average Bonchev–Trinajstić information content (AvgIpc) is 2.28. The quantitative estimate of drug-likeness (QED) is 0.708. The highest BCUT2D eigenvalue weighted by molar-refractivity contribution is 5.74. The van der Waals surface area contributed by atoms with Gasteiger partial charge in [0.05, 0.1) is 0 Å². The maximum Gasteiger partial charge on any atom is 0.335 e. The minimum absolute atomic E-state index is 0.377. The Hall–Kier alpha value is -0.610. The van der Waals surface area contributed by atoms with E-state index in [1.807, 2.05) is 13.8 Å². The van der Waals surface area contributed by atoms with Crippen LogP contribution < -0.4 is 5.32 Å². The molecule has 0 bridgehead atoms. The van der Waals surface area contributed by atoms with Crippen molar-refractivity contribution >= 4 is 5.97 Å². The molecule has 1 rings (SSSR count). The van der Waals surface area contributed by atoms with E-state index in [1.54, 1.807) is 6.92 Å². The minimum atomic E-state index is -0.985. The van der Waals surface area contributed by atoms with Crippen molar-refractivity contribution in [2.75, 3.05) is 13.1 Å². The van der Waals surface area contributed by atoms with Gasteiger partial charge in [-0.1, -0.05) is 6.92 Å². The maximum atomic E-state index is 11.5. The lowest BCUT2D eigenvalue weighted by molar-refractivity contribution is -0.172. The topological polar surface area (TPSA) is 58.6 Å². The molecule has 16 heavy (non-hydrogen) atoms. The van der Waals surface area contributed by atoms with Crippen molar-refractivity contribution in [2.45, 2.75) is 51.7 Å². The first-order valence-corrected chi connectivity index (χ1v) is 6.09. The first-order valence-electron chi connectivity index (χ1n) is 6.09. The molecule has 4 heteroatoms. The van der Waals surface area contributed by atoms with Crippen LogP contribution in [0.4, 0.5) is 0 Å². The molecule has 4 nitrogen and oxygen atoms in total. The fraction of sp³-hybridized carbons (Fsp3) is 0.917. The molecule has 0 amide bonds. The summed E-state index contributed by atoms with van der Waals surface area (Å²) in [5, 5.41) is 12.7. The maximum absolute atomic E-state index is 11.5. The standard InChI is InChI=1S/C12H23NO3/c1-4-10(14)11(15)16-12(2,3)9-5-7-13-8-6-9/h9-10,13-14H,4-8H2,1-3H3. The number of carbonyl (C=O) groups excluding carboxylic acids is 1. The molecule has 1 fully saturated rings. The van der Waals surface area contributed by atoms with E-state index in [4.69, 9.17) is 4.74 Å². The van der Waals surface area contributed by atoms with Gasteiger partial charge in [0, 0.05) is 5.92 Å². The number of carbonyl (C=O) groups is 1. The molecule has 1 atom stereocenters. The van der Waals surface area contributed by atoms with E-state index in [9.17, 15) is 9.90 Å². The normalized spacial score (nSPS) is 20.5. The third-order valence-electron chi connectivity index (χ3n) is 3.34. The highest BCUT2D eigenvalue weighted by Gasteiger charge is 2.35. The molecule has 1 aliphatic heterocycles. The SMILES string of the molecule is CCC(O)C(=O)OC(C)(C)C1CCNCC1. The number of aliphatic hydroxyl groups is 1. The van der Waals surface area contributed by atoms with Crippen LogP contribution in [0.1, 0.15) is 40.0 Å². The molecule has 0 aromatic rings. The number of nitrogens with one attached hydrogen (secondary N) is 1. The van der Waals surface area contributed by atoms with Crippen LogP contribution in [-0.2, 0) is 9.53 Å². The van der Waals surface area contributed by atoms with E-state index in [0.717, 1.165) is 25.9 Å². The van der Waals surface area contributed by atoms with E-state index in [0.29, 0.717) is 12.3 Å². The van der Waals surface area contributed by atoms with Gasteiger partial charge in [0.2, 0.25) is 0 Å².